The standard InChI is InChI=1S/C30H39NO4/c1-17-11-22-21(29(3,4)15-18(2)30(22,5)6)13-20(17)24(32)14-23-26-19(9-10-31(23)7)12-25-27(28(26)33-8)35-16-34-25/h11-13,18,23H,9-10,14-16H2,1-8H3/t18-,23+/m1/s1. The van der Waals surface area contributed by atoms with Crippen molar-refractivity contribution in [3.63, 3.8) is 0 Å². The van der Waals surface area contributed by atoms with E-state index in [9.17, 15) is 4.79 Å². The molecule has 2 aromatic carbocycles. The lowest BCUT2D eigenvalue weighted by molar-refractivity contribution is 0.0924. The molecule has 188 valence electrons. The molecule has 0 saturated carbocycles. The van der Waals surface area contributed by atoms with Crippen LogP contribution in [0.4, 0.5) is 0 Å². The SMILES string of the molecule is COc1c2c(cc3c1[C@H](CC(=O)c1cc4c(cc1C)C(C)(C)[C@H](C)CC4(C)C)N(C)CC3)OCO2. The molecule has 0 spiro atoms. The molecule has 0 bridgehead atoms. The van der Waals surface area contributed by atoms with Gasteiger partial charge in [0.25, 0.3) is 0 Å². The van der Waals surface area contributed by atoms with Crippen LogP contribution in [-0.4, -0.2) is 38.2 Å². The van der Waals surface area contributed by atoms with Gasteiger partial charge in [-0.15, -0.1) is 0 Å². The van der Waals surface area contributed by atoms with E-state index >= 15 is 0 Å². The zero-order valence-corrected chi connectivity index (χ0v) is 22.5. The number of hydrogen-bond acceptors (Lipinski definition) is 5. The van der Waals surface area contributed by atoms with E-state index in [1.54, 1.807) is 7.11 Å². The molecule has 0 fully saturated rings. The van der Waals surface area contributed by atoms with Crippen molar-refractivity contribution in [2.24, 2.45) is 5.92 Å². The third-order valence-electron chi connectivity index (χ3n) is 9.06. The number of ether oxygens (including phenoxy) is 3. The zero-order valence-electron chi connectivity index (χ0n) is 22.5. The molecule has 0 saturated heterocycles. The van der Waals surface area contributed by atoms with Crippen molar-refractivity contribution in [2.75, 3.05) is 27.5 Å². The number of fused-ring (bicyclic) bond motifs is 3. The van der Waals surface area contributed by atoms with Crippen LogP contribution in [-0.2, 0) is 17.3 Å². The second-order valence-corrected chi connectivity index (χ2v) is 12.0. The molecular weight excluding hydrogens is 438 g/mol. The molecule has 0 amide bonds. The zero-order chi connectivity index (χ0) is 25.3. The van der Waals surface area contributed by atoms with Gasteiger partial charge in [0.1, 0.15) is 0 Å². The molecule has 0 N–H and O–H groups in total. The summed E-state index contributed by atoms with van der Waals surface area (Å²) in [6.45, 7) is 14.9. The maximum absolute atomic E-state index is 13.9. The van der Waals surface area contributed by atoms with E-state index in [0.29, 0.717) is 23.8 Å². The molecule has 1 aliphatic carbocycles. The highest BCUT2D eigenvalue weighted by molar-refractivity contribution is 5.98. The summed E-state index contributed by atoms with van der Waals surface area (Å²) in [5, 5.41) is 0. The normalized spacial score (nSPS) is 24.0. The fourth-order valence-corrected chi connectivity index (χ4v) is 6.57. The minimum absolute atomic E-state index is 0.0440. The summed E-state index contributed by atoms with van der Waals surface area (Å²) in [5.74, 6) is 2.86. The van der Waals surface area contributed by atoms with Crippen LogP contribution in [0.15, 0.2) is 18.2 Å². The fraction of sp³-hybridized carbons (Fsp3) is 0.567. The highest BCUT2D eigenvalue weighted by Gasteiger charge is 2.43. The smallest absolute Gasteiger partial charge is 0.231 e. The van der Waals surface area contributed by atoms with E-state index < -0.39 is 0 Å². The predicted octanol–water partition coefficient (Wildman–Crippen LogP) is 6.13. The van der Waals surface area contributed by atoms with E-state index in [1.165, 1.54) is 16.7 Å². The number of nitrogens with zero attached hydrogens (tertiary/aromatic N) is 1. The number of rotatable bonds is 4. The predicted molar refractivity (Wildman–Crippen MR) is 138 cm³/mol. The Morgan fingerprint density at radius 2 is 1.89 bits per heavy atom. The molecule has 0 aromatic heterocycles. The van der Waals surface area contributed by atoms with Gasteiger partial charge in [-0.2, -0.15) is 0 Å². The number of ketones is 1. The fourth-order valence-electron chi connectivity index (χ4n) is 6.57. The van der Waals surface area contributed by atoms with Crippen LogP contribution < -0.4 is 14.2 Å². The van der Waals surface area contributed by atoms with Gasteiger partial charge < -0.3 is 14.2 Å². The van der Waals surface area contributed by atoms with Crippen molar-refractivity contribution in [3.05, 3.63) is 51.6 Å². The maximum atomic E-state index is 13.9. The number of carbonyl (C=O) groups is 1. The number of methoxy groups -OCH3 is 1. The van der Waals surface area contributed by atoms with Gasteiger partial charge in [0, 0.05) is 30.1 Å². The molecule has 2 atom stereocenters. The first-order valence-electron chi connectivity index (χ1n) is 12.8. The van der Waals surface area contributed by atoms with Crippen molar-refractivity contribution in [1.29, 1.82) is 0 Å². The number of likely N-dealkylation sites (N-methyl/N-ethyl adjacent to an activating group) is 1. The highest BCUT2D eigenvalue weighted by atomic mass is 16.7. The van der Waals surface area contributed by atoms with Gasteiger partial charge in [-0.05, 0) is 77.9 Å². The van der Waals surface area contributed by atoms with Crippen LogP contribution in [0.5, 0.6) is 17.2 Å². The van der Waals surface area contributed by atoms with E-state index in [1.807, 2.05) is 0 Å². The lowest BCUT2D eigenvalue weighted by Crippen LogP contribution is -2.40. The molecule has 2 aromatic rings. The second-order valence-electron chi connectivity index (χ2n) is 12.0. The summed E-state index contributed by atoms with van der Waals surface area (Å²) >= 11 is 0. The quantitative estimate of drug-likeness (QED) is 0.496. The van der Waals surface area contributed by atoms with E-state index in [2.05, 4.69) is 71.7 Å². The van der Waals surface area contributed by atoms with Gasteiger partial charge in [-0.3, -0.25) is 9.69 Å². The Morgan fingerprint density at radius 3 is 2.60 bits per heavy atom. The average molecular weight is 478 g/mol. The third-order valence-corrected chi connectivity index (χ3v) is 9.06. The van der Waals surface area contributed by atoms with Crippen molar-refractivity contribution in [1.82, 2.24) is 4.90 Å². The first-order valence-corrected chi connectivity index (χ1v) is 12.8. The first-order chi connectivity index (χ1) is 16.5. The minimum Gasteiger partial charge on any atom is -0.492 e. The first kappa shape index (κ1) is 24.2. The summed E-state index contributed by atoms with van der Waals surface area (Å²) in [6.07, 6.45) is 2.41. The van der Waals surface area contributed by atoms with Gasteiger partial charge in [0.05, 0.1) is 7.11 Å². The molecule has 0 unspecified atom stereocenters. The Balaban J connectivity index is 1.55. The van der Waals surface area contributed by atoms with E-state index in [-0.39, 0.29) is 29.4 Å². The third kappa shape index (κ3) is 3.74. The van der Waals surface area contributed by atoms with Crippen LogP contribution in [0, 0.1) is 12.8 Å². The van der Waals surface area contributed by atoms with Crippen molar-refractivity contribution in [2.45, 2.75) is 77.7 Å². The second kappa shape index (κ2) is 8.26. The molecule has 5 heteroatoms. The average Bonchev–Trinajstić information content (AvgIpc) is 3.26. The van der Waals surface area contributed by atoms with Crippen LogP contribution in [0.1, 0.15) is 91.7 Å². The number of hydrogen-bond donors (Lipinski definition) is 0. The number of benzene rings is 2. The summed E-state index contributed by atoms with van der Waals surface area (Å²) in [4.78, 5) is 16.2. The Bertz CT molecular complexity index is 1200. The Kier molecular flexibility index (Phi) is 5.71. The topological polar surface area (TPSA) is 48.0 Å². The largest absolute Gasteiger partial charge is 0.492 e. The molecule has 35 heavy (non-hydrogen) atoms. The molecular formula is C30H39NO4. The summed E-state index contributed by atoms with van der Waals surface area (Å²) in [5.41, 5.74) is 7.02. The summed E-state index contributed by atoms with van der Waals surface area (Å²) in [6, 6.07) is 6.49. The van der Waals surface area contributed by atoms with Crippen molar-refractivity contribution in [3.8, 4) is 17.2 Å². The molecule has 2 aliphatic heterocycles. The molecule has 0 radical (unpaired) electrons. The van der Waals surface area contributed by atoms with Crippen LogP contribution in [0.25, 0.3) is 0 Å². The molecule has 2 heterocycles. The number of Topliss-reactive ketones (excluding diaryl/α,β-unsaturated/α-hetero) is 1. The molecule has 5 nitrogen and oxygen atoms in total. The van der Waals surface area contributed by atoms with Gasteiger partial charge in [0.2, 0.25) is 12.5 Å². The van der Waals surface area contributed by atoms with Crippen LogP contribution in [0.2, 0.25) is 0 Å². The van der Waals surface area contributed by atoms with Gasteiger partial charge in [-0.25, -0.2) is 0 Å². The summed E-state index contributed by atoms with van der Waals surface area (Å²) < 4.78 is 17.2. The summed E-state index contributed by atoms with van der Waals surface area (Å²) in [7, 11) is 3.77. The molecule has 5 rings (SSSR count). The highest BCUT2D eigenvalue weighted by Crippen LogP contribution is 2.51. The van der Waals surface area contributed by atoms with Crippen LogP contribution in [0.3, 0.4) is 0 Å². The van der Waals surface area contributed by atoms with Crippen molar-refractivity contribution >= 4 is 5.78 Å². The van der Waals surface area contributed by atoms with Crippen LogP contribution >= 0.6 is 0 Å². The van der Waals surface area contributed by atoms with Gasteiger partial charge in [0.15, 0.2) is 17.3 Å². The lowest BCUT2D eigenvalue weighted by atomic mass is 9.58. The minimum atomic E-state index is -0.0735. The maximum Gasteiger partial charge on any atom is 0.231 e. The number of carbonyl (C=O) groups excluding carboxylic acids is 1. The lowest BCUT2D eigenvalue weighted by Gasteiger charge is -2.47. The number of aryl methyl sites for hydroxylation is 1. The van der Waals surface area contributed by atoms with E-state index in [0.717, 1.165) is 41.8 Å². The monoisotopic (exact) mass is 477 g/mol. The van der Waals surface area contributed by atoms with Gasteiger partial charge >= 0.3 is 0 Å². The van der Waals surface area contributed by atoms with Crippen molar-refractivity contribution < 1.29 is 19.0 Å². The Hall–Kier alpha value is -2.53. The Labute approximate surface area is 209 Å². The van der Waals surface area contributed by atoms with E-state index in [4.69, 9.17) is 14.2 Å². The molecule has 3 aliphatic rings. The van der Waals surface area contributed by atoms with Gasteiger partial charge in [-0.1, -0.05) is 40.7 Å². The Morgan fingerprint density at radius 1 is 1.14 bits per heavy atom.